The first-order chi connectivity index (χ1) is 15.0. The Labute approximate surface area is 186 Å². The van der Waals surface area contributed by atoms with Crippen LogP contribution in [0.5, 0.6) is 0 Å². The second-order valence-corrected chi connectivity index (χ2v) is 7.99. The normalized spacial score (nSPS) is 10.7. The van der Waals surface area contributed by atoms with E-state index in [2.05, 4.69) is 26.9 Å². The lowest BCUT2D eigenvalue weighted by molar-refractivity contribution is -0.122. The zero-order valence-electron chi connectivity index (χ0n) is 18.0. The highest BCUT2D eigenvalue weighted by molar-refractivity contribution is 7.99. The Balaban J connectivity index is 1.53. The van der Waals surface area contributed by atoms with Gasteiger partial charge in [-0.05, 0) is 38.0 Å². The van der Waals surface area contributed by atoms with E-state index in [9.17, 15) is 9.59 Å². The van der Waals surface area contributed by atoms with Gasteiger partial charge < -0.3 is 15.2 Å². The SMILES string of the molecule is CCc1ccccc1NC(=O)CNC(=O)CSc1nnc(-c2cccc(C)c2)n1CC. The van der Waals surface area contributed by atoms with Gasteiger partial charge in [0.15, 0.2) is 11.0 Å². The minimum absolute atomic E-state index is 0.0769. The van der Waals surface area contributed by atoms with Crippen LogP contribution >= 0.6 is 11.8 Å². The molecule has 2 N–H and O–H groups in total. The van der Waals surface area contributed by atoms with Crippen LogP contribution in [0.2, 0.25) is 0 Å². The average Bonchev–Trinajstić information content (AvgIpc) is 3.19. The molecule has 0 aliphatic rings. The Morgan fingerprint density at radius 3 is 2.58 bits per heavy atom. The summed E-state index contributed by atoms with van der Waals surface area (Å²) in [5.74, 6) is 0.456. The molecule has 0 radical (unpaired) electrons. The van der Waals surface area contributed by atoms with Crippen LogP contribution in [0, 0.1) is 6.92 Å². The molecule has 0 saturated heterocycles. The summed E-state index contributed by atoms with van der Waals surface area (Å²) in [6.07, 6.45) is 0.822. The van der Waals surface area contributed by atoms with Crippen molar-refractivity contribution in [3.63, 3.8) is 0 Å². The molecule has 0 spiro atoms. The Morgan fingerprint density at radius 1 is 1.03 bits per heavy atom. The molecule has 31 heavy (non-hydrogen) atoms. The van der Waals surface area contributed by atoms with Crippen molar-refractivity contribution in [2.45, 2.75) is 38.9 Å². The molecule has 2 amide bonds. The number of hydrogen-bond donors (Lipinski definition) is 2. The van der Waals surface area contributed by atoms with Crippen molar-refractivity contribution in [2.24, 2.45) is 0 Å². The highest BCUT2D eigenvalue weighted by atomic mass is 32.2. The Bertz CT molecular complexity index is 1060. The largest absolute Gasteiger partial charge is 0.346 e. The highest BCUT2D eigenvalue weighted by Crippen LogP contribution is 2.24. The van der Waals surface area contributed by atoms with Crippen molar-refractivity contribution >= 4 is 29.3 Å². The molecule has 3 aromatic rings. The lowest BCUT2D eigenvalue weighted by atomic mass is 10.1. The van der Waals surface area contributed by atoms with Crippen LogP contribution in [-0.4, -0.2) is 38.9 Å². The maximum atomic E-state index is 12.2. The Morgan fingerprint density at radius 2 is 1.84 bits per heavy atom. The first-order valence-electron chi connectivity index (χ1n) is 10.3. The van der Waals surface area contributed by atoms with Crippen molar-refractivity contribution in [2.75, 3.05) is 17.6 Å². The molecular weight excluding hydrogens is 410 g/mol. The van der Waals surface area contributed by atoms with Crippen LogP contribution in [0.15, 0.2) is 53.7 Å². The van der Waals surface area contributed by atoms with Crippen molar-refractivity contribution in [1.82, 2.24) is 20.1 Å². The van der Waals surface area contributed by atoms with E-state index in [1.807, 2.05) is 67.8 Å². The van der Waals surface area contributed by atoms with Gasteiger partial charge in [0.25, 0.3) is 0 Å². The van der Waals surface area contributed by atoms with Gasteiger partial charge >= 0.3 is 0 Å². The number of rotatable bonds is 9. The maximum absolute atomic E-state index is 12.2. The fourth-order valence-corrected chi connectivity index (χ4v) is 4.02. The van der Waals surface area contributed by atoms with Crippen molar-refractivity contribution in [1.29, 1.82) is 0 Å². The maximum Gasteiger partial charge on any atom is 0.243 e. The second-order valence-electron chi connectivity index (χ2n) is 7.04. The Kier molecular flexibility index (Phi) is 7.83. The first-order valence-corrected chi connectivity index (χ1v) is 11.3. The van der Waals surface area contributed by atoms with E-state index in [0.717, 1.165) is 34.6 Å². The summed E-state index contributed by atoms with van der Waals surface area (Å²) in [5.41, 5.74) is 3.98. The topological polar surface area (TPSA) is 88.9 Å². The van der Waals surface area contributed by atoms with Gasteiger partial charge in [-0.2, -0.15) is 0 Å². The first kappa shape index (κ1) is 22.6. The van der Waals surface area contributed by atoms with Gasteiger partial charge in [-0.3, -0.25) is 9.59 Å². The van der Waals surface area contributed by atoms with E-state index in [1.165, 1.54) is 11.8 Å². The van der Waals surface area contributed by atoms with E-state index in [1.54, 1.807) is 0 Å². The highest BCUT2D eigenvalue weighted by Gasteiger charge is 2.15. The number of aryl methyl sites for hydroxylation is 2. The van der Waals surface area contributed by atoms with E-state index >= 15 is 0 Å². The van der Waals surface area contributed by atoms with Crippen molar-refractivity contribution in [3.8, 4) is 11.4 Å². The molecule has 0 unspecified atom stereocenters. The number of carbonyl (C=O) groups excluding carboxylic acids is 2. The zero-order valence-corrected chi connectivity index (χ0v) is 18.8. The van der Waals surface area contributed by atoms with Gasteiger partial charge in [-0.1, -0.05) is 60.6 Å². The predicted molar refractivity (Wildman–Crippen MR) is 124 cm³/mol. The molecule has 0 atom stereocenters. The van der Waals surface area contributed by atoms with E-state index in [4.69, 9.17) is 0 Å². The van der Waals surface area contributed by atoms with Crippen LogP contribution in [0.1, 0.15) is 25.0 Å². The molecule has 0 aliphatic heterocycles. The average molecular weight is 438 g/mol. The molecule has 2 aromatic carbocycles. The Hall–Kier alpha value is -3.13. The minimum atomic E-state index is -0.252. The molecule has 0 aliphatic carbocycles. The van der Waals surface area contributed by atoms with Crippen LogP contribution in [-0.2, 0) is 22.6 Å². The summed E-state index contributed by atoms with van der Waals surface area (Å²) in [7, 11) is 0. The van der Waals surface area contributed by atoms with Crippen molar-refractivity contribution < 1.29 is 9.59 Å². The molecule has 3 rings (SSSR count). The number of nitrogens with zero attached hydrogens (tertiary/aromatic N) is 3. The number of thioether (sulfide) groups is 1. The number of benzene rings is 2. The van der Waals surface area contributed by atoms with Crippen LogP contribution in [0.3, 0.4) is 0 Å². The number of nitrogens with one attached hydrogen (secondary N) is 2. The number of para-hydroxylation sites is 1. The molecular formula is C23H27N5O2S. The monoisotopic (exact) mass is 437 g/mol. The summed E-state index contributed by atoms with van der Waals surface area (Å²) in [6, 6.07) is 15.7. The van der Waals surface area contributed by atoms with Gasteiger partial charge in [-0.25, -0.2) is 0 Å². The van der Waals surface area contributed by atoms with Crippen LogP contribution in [0.25, 0.3) is 11.4 Å². The van der Waals surface area contributed by atoms with Gasteiger partial charge in [0, 0.05) is 17.8 Å². The number of hydrogen-bond acceptors (Lipinski definition) is 5. The lowest BCUT2D eigenvalue weighted by Gasteiger charge is -2.10. The number of aromatic nitrogens is 3. The van der Waals surface area contributed by atoms with Gasteiger partial charge in [0.1, 0.15) is 0 Å². The van der Waals surface area contributed by atoms with E-state index < -0.39 is 0 Å². The minimum Gasteiger partial charge on any atom is -0.346 e. The van der Waals surface area contributed by atoms with Gasteiger partial charge in [-0.15, -0.1) is 10.2 Å². The molecule has 0 saturated carbocycles. The fraction of sp³-hybridized carbons (Fsp3) is 0.304. The summed E-state index contributed by atoms with van der Waals surface area (Å²) in [5, 5.41) is 14.8. The molecule has 7 nitrogen and oxygen atoms in total. The van der Waals surface area contributed by atoms with Crippen LogP contribution < -0.4 is 10.6 Å². The lowest BCUT2D eigenvalue weighted by Crippen LogP contribution is -2.34. The van der Waals surface area contributed by atoms with Crippen LogP contribution in [0.4, 0.5) is 5.69 Å². The quantitative estimate of drug-likeness (QED) is 0.499. The predicted octanol–water partition coefficient (Wildman–Crippen LogP) is 3.68. The number of amides is 2. The fourth-order valence-electron chi connectivity index (χ4n) is 3.18. The van der Waals surface area contributed by atoms with Crippen molar-refractivity contribution in [3.05, 3.63) is 59.7 Å². The number of anilines is 1. The van der Waals surface area contributed by atoms with E-state index in [-0.39, 0.29) is 24.1 Å². The smallest absolute Gasteiger partial charge is 0.243 e. The number of carbonyl (C=O) groups is 2. The zero-order chi connectivity index (χ0) is 22.2. The third kappa shape index (κ3) is 5.95. The molecule has 8 heteroatoms. The standard InChI is InChI=1S/C23H27N5O2S/c1-4-17-10-6-7-12-19(17)25-20(29)14-24-21(30)15-31-23-27-26-22(28(23)5-2)18-11-8-9-16(3)13-18/h6-13H,4-5,14-15H2,1-3H3,(H,24,30)(H,25,29). The van der Waals surface area contributed by atoms with Gasteiger partial charge in [0.2, 0.25) is 11.8 Å². The molecule has 0 fully saturated rings. The summed E-state index contributed by atoms with van der Waals surface area (Å²) in [6.45, 7) is 6.70. The second kappa shape index (κ2) is 10.8. The summed E-state index contributed by atoms with van der Waals surface area (Å²) < 4.78 is 1.99. The molecule has 1 aromatic heterocycles. The third-order valence-electron chi connectivity index (χ3n) is 4.76. The molecule has 1 heterocycles. The van der Waals surface area contributed by atoms with Gasteiger partial charge in [0.05, 0.1) is 12.3 Å². The summed E-state index contributed by atoms with van der Waals surface area (Å²) >= 11 is 1.31. The molecule has 0 bridgehead atoms. The molecule has 162 valence electrons. The third-order valence-corrected chi connectivity index (χ3v) is 5.73. The van der Waals surface area contributed by atoms with E-state index in [0.29, 0.717) is 11.7 Å². The summed E-state index contributed by atoms with van der Waals surface area (Å²) in [4.78, 5) is 24.4.